The molecule has 0 aromatic rings. The Morgan fingerprint density at radius 2 is 1.67 bits per heavy atom. The second-order valence-electron chi connectivity index (χ2n) is 2.37. The summed E-state index contributed by atoms with van der Waals surface area (Å²) in [5, 5.41) is 16.8. The molecule has 0 aromatic carbocycles. The topological polar surface area (TPSA) is 74.6 Å². The van der Waals surface area contributed by atoms with Crippen molar-refractivity contribution in [2.45, 2.75) is 26.2 Å². The van der Waals surface area contributed by atoms with Crippen molar-refractivity contribution < 1.29 is 19.8 Å². The van der Waals surface area contributed by atoms with Gasteiger partial charge in [-0.3, -0.25) is 9.59 Å². The van der Waals surface area contributed by atoms with E-state index in [-0.39, 0.29) is 25.3 Å². The Balaban J connectivity index is 0. The number of carbonyl (C=O) groups is 2. The number of aliphatic carboxylic acids is 2. The molecule has 0 saturated heterocycles. The van der Waals surface area contributed by atoms with Crippen LogP contribution in [0.15, 0.2) is 0 Å². The third kappa shape index (κ3) is 5.22. The van der Waals surface area contributed by atoms with Crippen molar-refractivity contribution in [1.29, 1.82) is 0 Å². The van der Waals surface area contributed by atoms with E-state index in [9.17, 15) is 9.59 Å². The molecule has 0 saturated carbocycles. The molecule has 0 fully saturated rings. The molecule has 0 heterocycles. The molecule has 1 radical (unpaired) electrons. The maximum atomic E-state index is 10.3. The van der Waals surface area contributed by atoms with E-state index in [2.05, 4.69) is 0 Å². The molecule has 0 aromatic heterocycles. The van der Waals surface area contributed by atoms with Crippen LogP contribution < -0.4 is 0 Å². The van der Waals surface area contributed by atoms with Gasteiger partial charge in [0.25, 0.3) is 0 Å². The zero-order chi connectivity index (χ0) is 8.85. The van der Waals surface area contributed by atoms with Crippen molar-refractivity contribution >= 4 is 30.8 Å². The van der Waals surface area contributed by atoms with Crippen LogP contribution in [-0.4, -0.2) is 41.0 Å². The predicted molar refractivity (Wildman–Crippen MR) is 44.0 cm³/mol. The van der Waals surface area contributed by atoms with Gasteiger partial charge in [0.15, 0.2) is 5.92 Å². The van der Waals surface area contributed by atoms with Gasteiger partial charge in [0.1, 0.15) is 0 Å². The van der Waals surface area contributed by atoms with Crippen LogP contribution in [0.5, 0.6) is 0 Å². The number of hydrogen-bond acceptors (Lipinski definition) is 2. The number of hydrogen-bond donors (Lipinski definition) is 2. The number of unbranched alkanes of at least 4 members (excludes halogenated alkanes) is 1. The van der Waals surface area contributed by atoms with Gasteiger partial charge in [0, 0.05) is 18.9 Å². The minimum absolute atomic E-state index is 0. The van der Waals surface area contributed by atoms with Gasteiger partial charge >= 0.3 is 11.9 Å². The average Bonchev–Trinajstić information content (AvgIpc) is 1.87. The van der Waals surface area contributed by atoms with E-state index >= 15 is 0 Å². The quantitative estimate of drug-likeness (QED) is 0.464. The first-order valence-electron chi connectivity index (χ1n) is 3.55. The van der Waals surface area contributed by atoms with Crippen LogP contribution in [0.25, 0.3) is 0 Å². The van der Waals surface area contributed by atoms with E-state index in [1.807, 2.05) is 6.92 Å². The smallest absolute Gasteiger partial charge is 0.317 e. The first-order chi connectivity index (χ1) is 5.09. The van der Waals surface area contributed by atoms with E-state index in [0.717, 1.165) is 6.42 Å². The molecule has 0 bridgehead atoms. The summed E-state index contributed by atoms with van der Waals surface area (Å²) < 4.78 is 0. The molecule has 0 spiro atoms. The molecule has 0 aliphatic carbocycles. The van der Waals surface area contributed by atoms with Gasteiger partial charge in [-0.15, -0.1) is 0 Å². The van der Waals surface area contributed by atoms with Gasteiger partial charge in [-0.05, 0) is 6.42 Å². The number of carboxylic acid groups (broad SMARTS) is 2. The zero-order valence-corrected chi connectivity index (χ0v) is 7.41. The maximum Gasteiger partial charge on any atom is 0.317 e. The summed E-state index contributed by atoms with van der Waals surface area (Å²) in [4.78, 5) is 20.5. The van der Waals surface area contributed by atoms with Crippen LogP contribution in [0.3, 0.4) is 0 Å². The molecule has 0 aliphatic rings. The van der Waals surface area contributed by atoms with E-state index in [0.29, 0.717) is 6.42 Å². The summed E-state index contributed by atoms with van der Waals surface area (Å²) in [5.41, 5.74) is 0. The molecule has 65 valence electrons. The third-order valence-corrected chi connectivity index (χ3v) is 1.44. The molecule has 12 heavy (non-hydrogen) atoms. The molecule has 0 unspecified atom stereocenters. The molecule has 2 N–H and O–H groups in total. The Kier molecular flexibility index (Phi) is 8.45. The molecule has 0 aliphatic heterocycles. The van der Waals surface area contributed by atoms with Gasteiger partial charge in [-0.1, -0.05) is 19.8 Å². The minimum atomic E-state index is -1.24. The monoisotopic (exact) mass is 167 g/mol. The van der Waals surface area contributed by atoms with Crippen molar-refractivity contribution in [3.8, 4) is 0 Å². The molecular weight excluding hydrogens is 155 g/mol. The summed E-state index contributed by atoms with van der Waals surface area (Å²) in [6, 6.07) is 0. The van der Waals surface area contributed by atoms with Crippen molar-refractivity contribution in [1.82, 2.24) is 0 Å². The van der Waals surface area contributed by atoms with E-state index in [4.69, 9.17) is 10.2 Å². The average molecular weight is 167 g/mol. The van der Waals surface area contributed by atoms with Crippen molar-refractivity contribution in [2.75, 3.05) is 0 Å². The molecule has 4 nitrogen and oxygen atoms in total. The molecule has 0 amide bonds. The van der Waals surface area contributed by atoms with Crippen LogP contribution >= 0.6 is 0 Å². The van der Waals surface area contributed by atoms with Crippen LogP contribution in [0.2, 0.25) is 0 Å². The summed E-state index contributed by atoms with van der Waals surface area (Å²) in [7, 11) is 0. The van der Waals surface area contributed by atoms with E-state index in [1.165, 1.54) is 0 Å². The molecule has 5 heteroatoms. The Hall–Kier alpha value is -0.463. The molecule has 0 atom stereocenters. The zero-order valence-electron chi connectivity index (χ0n) is 7.41. The van der Waals surface area contributed by atoms with Gasteiger partial charge in [-0.2, -0.15) is 0 Å². The third-order valence-electron chi connectivity index (χ3n) is 1.44. The molecular formula is C7H12LiO4. The summed E-state index contributed by atoms with van der Waals surface area (Å²) >= 11 is 0. The van der Waals surface area contributed by atoms with Crippen molar-refractivity contribution in [3.05, 3.63) is 0 Å². The van der Waals surface area contributed by atoms with Gasteiger partial charge in [0.2, 0.25) is 0 Å². The fourth-order valence-electron chi connectivity index (χ4n) is 0.761. The number of carboxylic acids is 2. The van der Waals surface area contributed by atoms with Crippen LogP contribution in [0.4, 0.5) is 0 Å². The summed E-state index contributed by atoms with van der Waals surface area (Å²) in [6.45, 7) is 1.89. The fourth-order valence-corrected chi connectivity index (χ4v) is 0.761. The SMILES string of the molecule is CCCCC(C(=O)O)C(=O)O.[Li]. The van der Waals surface area contributed by atoms with E-state index in [1.54, 1.807) is 0 Å². The van der Waals surface area contributed by atoms with Gasteiger partial charge < -0.3 is 10.2 Å². The Labute approximate surface area is 83.1 Å². The van der Waals surface area contributed by atoms with Gasteiger partial charge in [-0.25, -0.2) is 0 Å². The fraction of sp³-hybridized carbons (Fsp3) is 0.714. The molecule has 0 rings (SSSR count). The minimum Gasteiger partial charge on any atom is -0.481 e. The summed E-state index contributed by atoms with van der Waals surface area (Å²) in [5.74, 6) is -3.72. The van der Waals surface area contributed by atoms with Crippen molar-refractivity contribution in [2.24, 2.45) is 5.92 Å². The van der Waals surface area contributed by atoms with Gasteiger partial charge in [0.05, 0.1) is 0 Å². The standard InChI is InChI=1S/C7H12O4.Li/c1-2-3-4-5(6(8)9)7(10)11;/h5H,2-4H2,1H3,(H,8,9)(H,10,11);. The first kappa shape index (κ1) is 14.1. The second kappa shape index (κ2) is 7.20. The number of rotatable bonds is 5. The maximum absolute atomic E-state index is 10.3. The normalized spacial score (nSPS) is 9.17. The first-order valence-corrected chi connectivity index (χ1v) is 3.55. The Bertz CT molecular complexity index is 143. The Morgan fingerprint density at radius 3 is 1.92 bits per heavy atom. The second-order valence-corrected chi connectivity index (χ2v) is 2.37. The predicted octanol–water partition coefficient (Wildman–Crippen LogP) is 0.581. The summed E-state index contributed by atoms with van der Waals surface area (Å²) in [6.07, 6.45) is 1.68. The van der Waals surface area contributed by atoms with Crippen LogP contribution in [0, 0.1) is 5.92 Å². The van der Waals surface area contributed by atoms with Crippen LogP contribution in [-0.2, 0) is 9.59 Å². The Morgan fingerprint density at radius 1 is 1.25 bits per heavy atom. The van der Waals surface area contributed by atoms with Crippen LogP contribution in [0.1, 0.15) is 26.2 Å². The van der Waals surface area contributed by atoms with E-state index < -0.39 is 17.9 Å². The van der Waals surface area contributed by atoms with Crippen molar-refractivity contribution in [3.63, 3.8) is 0 Å². The largest absolute Gasteiger partial charge is 0.481 e.